The molecular weight excluding hydrogens is 306 g/mol. The SMILES string of the molecule is C=CC(=O)OC=C1CN(C(C)(C)c2cccc(C(=C)C)c2)C(=O)O1. The van der Waals surface area contributed by atoms with E-state index >= 15 is 0 Å². The van der Waals surface area contributed by atoms with E-state index in [1.54, 1.807) is 4.90 Å². The Morgan fingerprint density at radius 1 is 1.42 bits per heavy atom. The van der Waals surface area contributed by atoms with E-state index < -0.39 is 17.6 Å². The second-order valence-corrected chi connectivity index (χ2v) is 6.10. The van der Waals surface area contributed by atoms with E-state index in [9.17, 15) is 9.59 Å². The quantitative estimate of drug-likeness (QED) is 0.466. The molecule has 1 saturated heterocycles. The lowest BCUT2D eigenvalue weighted by Crippen LogP contribution is -2.42. The number of hydrogen-bond donors (Lipinski definition) is 0. The molecule has 0 atom stereocenters. The highest BCUT2D eigenvalue weighted by atomic mass is 16.6. The van der Waals surface area contributed by atoms with Crippen LogP contribution < -0.4 is 0 Å². The zero-order valence-corrected chi connectivity index (χ0v) is 14.2. The fourth-order valence-corrected chi connectivity index (χ4v) is 2.40. The summed E-state index contributed by atoms with van der Waals surface area (Å²) < 4.78 is 9.98. The second kappa shape index (κ2) is 6.74. The third kappa shape index (κ3) is 3.56. The molecule has 1 amide bonds. The van der Waals surface area contributed by atoms with Crippen LogP contribution in [0.4, 0.5) is 4.79 Å². The maximum atomic E-state index is 12.2. The Hall–Kier alpha value is -2.82. The molecule has 2 rings (SSSR count). The van der Waals surface area contributed by atoms with Gasteiger partial charge in [0.05, 0.1) is 12.1 Å². The Bertz CT molecular complexity index is 731. The van der Waals surface area contributed by atoms with Gasteiger partial charge in [-0.3, -0.25) is 4.90 Å². The Morgan fingerprint density at radius 3 is 2.75 bits per heavy atom. The van der Waals surface area contributed by atoms with Crippen LogP contribution in [0.5, 0.6) is 0 Å². The molecule has 0 N–H and O–H groups in total. The van der Waals surface area contributed by atoms with E-state index in [-0.39, 0.29) is 12.3 Å². The predicted molar refractivity (Wildman–Crippen MR) is 91.7 cm³/mol. The number of nitrogens with zero attached hydrogens (tertiary/aromatic N) is 1. The van der Waals surface area contributed by atoms with Gasteiger partial charge in [0.2, 0.25) is 0 Å². The summed E-state index contributed by atoms with van der Waals surface area (Å²) in [7, 11) is 0. The van der Waals surface area contributed by atoms with Gasteiger partial charge < -0.3 is 9.47 Å². The number of benzene rings is 1. The van der Waals surface area contributed by atoms with Crippen LogP contribution in [-0.4, -0.2) is 23.5 Å². The number of allylic oxidation sites excluding steroid dienone is 1. The molecule has 126 valence electrons. The molecule has 0 aromatic heterocycles. The van der Waals surface area contributed by atoms with Crippen LogP contribution in [0.25, 0.3) is 5.57 Å². The molecule has 1 heterocycles. The van der Waals surface area contributed by atoms with Gasteiger partial charge in [0.15, 0.2) is 5.76 Å². The van der Waals surface area contributed by atoms with Crippen LogP contribution in [0, 0.1) is 0 Å². The third-order valence-corrected chi connectivity index (χ3v) is 3.96. The molecule has 1 aliphatic heterocycles. The fraction of sp³-hybridized carbons (Fsp3) is 0.263. The van der Waals surface area contributed by atoms with Crippen molar-refractivity contribution in [2.75, 3.05) is 6.54 Å². The average molecular weight is 327 g/mol. The second-order valence-electron chi connectivity index (χ2n) is 6.10. The monoisotopic (exact) mass is 327 g/mol. The van der Waals surface area contributed by atoms with Crippen LogP contribution in [0.2, 0.25) is 0 Å². The smallest absolute Gasteiger partial charge is 0.416 e. The number of hydrogen-bond acceptors (Lipinski definition) is 4. The Kier molecular flexibility index (Phi) is 4.93. The number of esters is 1. The maximum Gasteiger partial charge on any atom is 0.416 e. The highest BCUT2D eigenvalue weighted by molar-refractivity contribution is 5.81. The largest absolute Gasteiger partial charge is 0.428 e. The van der Waals surface area contributed by atoms with Crippen LogP contribution in [0.3, 0.4) is 0 Å². The summed E-state index contributed by atoms with van der Waals surface area (Å²) in [5.74, 6) is -0.329. The Morgan fingerprint density at radius 2 is 2.12 bits per heavy atom. The van der Waals surface area contributed by atoms with E-state index in [0.29, 0.717) is 0 Å². The first-order chi connectivity index (χ1) is 11.3. The molecule has 1 aromatic carbocycles. The molecule has 5 heteroatoms. The van der Waals surface area contributed by atoms with Crippen molar-refractivity contribution >= 4 is 17.6 Å². The van der Waals surface area contributed by atoms with E-state index in [2.05, 4.69) is 13.2 Å². The van der Waals surface area contributed by atoms with Crippen molar-refractivity contribution < 1.29 is 19.1 Å². The summed E-state index contributed by atoms with van der Waals surface area (Å²) in [4.78, 5) is 24.9. The van der Waals surface area contributed by atoms with Gasteiger partial charge in [-0.05, 0) is 38.0 Å². The summed E-state index contributed by atoms with van der Waals surface area (Å²) in [6.45, 7) is 13.3. The first kappa shape index (κ1) is 17.5. The van der Waals surface area contributed by atoms with Crippen LogP contribution in [0.1, 0.15) is 31.9 Å². The molecule has 0 saturated carbocycles. The van der Waals surface area contributed by atoms with E-state index in [1.165, 1.54) is 0 Å². The van der Waals surface area contributed by atoms with Crippen molar-refractivity contribution in [1.82, 2.24) is 4.90 Å². The molecule has 5 nitrogen and oxygen atoms in total. The van der Waals surface area contributed by atoms with Crippen molar-refractivity contribution in [3.05, 3.63) is 66.6 Å². The predicted octanol–water partition coefficient (Wildman–Crippen LogP) is 3.98. The molecule has 1 aliphatic rings. The van der Waals surface area contributed by atoms with Crippen LogP contribution >= 0.6 is 0 Å². The van der Waals surface area contributed by atoms with Crippen molar-refractivity contribution in [2.45, 2.75) is 26.3 Å². The van der Waals surface area contributed by atoms with Crippen LogP contribution in [0.15, 0.2) is 55.5 Å². The lowest BCUT2D eigenvalue weighted by Gasteiger charge is -2.34. The molecule has 24 heavy (non-hydrogen) atoms. The van der Waals surface area contributed by atoms with Crippen molar-refractivity contribution in [3.63, 3.8) is 0 Å². The maximum absolute atomic E-state index is 12.2. The Balaban J connectivity index is 2.24. The summed E-state index contributed by atoms with van der Waals surface area (Å²) in [6.07, 6.45) is 1.70. The summed E-state index contributed by atoms with van der Waals surface area (Å²) in [6, 6.07) is 7.88. The van der Waals surface area contributed by atoms with Gasteiger partial charge in [-0.2, -0.15) is 0 Å². The minimum absolute atomic E-state index is 0.216. The number of amides is 1. The summed E-state index contributed by atoms with van der Waals surface area (Å²) in [5, 5.41) is 0. The lowest BCUT2D eigenvalue weighted by molar-refractivity contribution is -0.132. The highest BCUT2D eigenvalue weighted by Gasteiger charge is 2.39. The van der Waals surface area contributed by atoms with Crippen molar-refractivity contribution in [2.24, 2.45) is 0 Å². The Labute approximate surface area is 141 Å². The minimum Gasteiger partial charge on any atom is -0.428 e. The van der Waals surface area contributed by atoms with Crippen LogP contribution in [-0.2, 0) is 19.8 Å². The average Bonchev–Trinajstić information content (AvgIpc) is 2.94. The third-order valence-electron chi connectivity index (χ3n) is 3.96. The molecule has 0 spiro atoms. The highest BCUT2D eigenvalue weighted by Crippen LogP contribution is 2.34. The summed E-state index contributed by atoms with van der Waals surface area (Å²) >= 11 is 0. The molecule has 1 aromatic rings. The number of carbonyl (C=O) groups excluding carboxylic acids is 2. The van der Waals surface area contributed by atoms with Crippen molar-refractivity contribution in [1.29, 1.82) is 0 Å². The van der Waals surface area contributed by atoms with E-state index in [1.807, 2.05) is 45.0 Å². The minimum atomic E-state index is -0.606. The lowest BCUT2D eigenvalue weighted by atomic mass is 9.90. The molecule has 0 bridgehead atoms. The number of ether oxygens (including phenoxy) is 2. The first-order valence-electron chi connectivity index (χ1n) is 7.53. The van der Waals surface area contributed by atoms with Gasteiger partial charge in [0.25, 0.3) is 0 Å². The first-order valence-corrected chi connectivity index (χ1v) is 7.53. The van der Waals surface area contributed by atoms with Gasteiger partial charge in [-0.25, -0.2) is 9.59 Å². The number of cyclic esters (lactones) is 1. The van der Waals surface area contributed by atoms with Gasteiger partial charge in [0, 0.05) is 6.08 Å². The standard InChI is InChI=1S/C19H21NO4/c1-6-17(21)23-12-16-11-20(18(22)24-16)19(4,5)15-9-7-8-14(10-15)13(2)3/h6-10,12H,1-2,11H2,3-5H3. The molecule has 0 radical (unpaired) electrons. The molecule has 0 unspecified atom stereocenters. The van der Waals surface area contributed by atoms with E-state index in [4.69, 9.17) is 9.47 Å². The molecular formula is C19H21NO4. The zero-order chi connectivity index (χ0) is 17.9. The summed E-state index contributed by atoms with van der Waals surface area (Å²) in [5.41, 5.74) is 2.34. The fourth-order valence-electron chi connectivity index (χ4n) is 2.40. The van der Waals surface area contributed by atoms with E-state index in [0.717, 1.165) is 29.0 Å². The van der Waals surface area contributed by atoms with Gasteiger partial charge >= 0.3 is 12.1 Å². The zero-order valence-electron chi connectivity index (χ0n) is 14.2. The molecule has 0 aliphatic carbocycles. The number of rotatable bonds is 5. The van der Waals surface area contributed by atoms with Gasteiger partial charge in [0.1, 0.15) is 6.26 Å². The normalized spacial score (nSPS) is 16.0. The topological polar surface area (TPSA) is 55.8 Å². The molecule has 1 fully saturated rings. The van der Waals surface area contributed by atoms with Crippen molar-refractivity contribution in [3.8, 4) is 0 Å². The van der Waals surface area contributed by atoms with Gasteiger partial charge in [-0.15, -0.1) is 0 Å². The van der Waals surface area contributed by atoms with Gasteiger partial charge in [-0.1, -0.05) is 36.9 Å². The number of carbonyl (C=O) groups is 2.